The highest BCUT2D eigenvalue weighted by atomic mass is 32.1. The number of thiazole rings is 1. The van der Waals surface area contributed by atoms with Crippen molar-refractivity contribution in [2.45, 2.75) is 0 Å². The van der Waals surface area contributed by atoms with E-state index in [0.29, 0.717) is 0 Å². The molecule has 2 aromatic carbocycles. The summed E-state index contributed by atoms with van der Waals surface area (Å²) in [7, 11) is 1.34. The lowest BCUT2D eigenvalue weighted by atomic mass is 10.4. The van der Waals surface area contributed by atoms with Gasteiger partial charge in [-0.05, 0) is 0 Å². The van der Waals surface area contributed by atoms with Gasteiger partial charge in [-0.1, -0.05) is 60.7 Å². The van der Waals surface area contributed by atoms with Crippen molar-refractivity contribution >= 4 is 30.0 Å². The number of aromatic nitrogens is 1. The first-order valence-electron chi connectivity index (χ1n) is 6.39. The van der Waals surface area contributed by atoms with E-state index in [1.54, 1.807) is 11.3 Å². The van der Waals surface area contributed by atoms with Gasteiger partial charge in [-0.25, -0.2) is 4.76 Å². The SMILES string of the molecule is Cn1ccs/c1=N\P(c1ccccc1)c1ccccc1. The van der Waals surface area contributed by atoms with E-state index in [1.165, 1.54) is 10.6 Å². The zero-order valence-corrected chi connectivity index (χ0v) is 12.9. The van der Waals surface area contributed by atoms with Crippen LogP contribution in [0.5, 0.6) is 0 Å². The smallest absolute Gasteiger partial charge is 0.188 e. The van der Waals surface area contributed by atoms with Gasteiger partial charge in [0.2, 0.25) is 0 Å². The van der Waals surface area contributed by atoms with Crippen molar-refractivity contribution in [3.8, 4) is 0 Å². The molecule has 1 heterocycles. The van der Waals surface area contributed by atoms with E-state index in [9.17, 15) is 0 Å². The van der Waals surface area contributed by atoms with Gasteiger partial charge in [0, 0.05) is 29.2 Å². The lowest BCUT2D eigenvalue weighted by Gasteiger charge is -2.12. The van der Waals surface area contributed by atoms with Gasteiger partial charge in [-0.3, -0.25) is 0 Å². The number of rotatable bonds is 3. The van der Waals surface area contributed by atoms with Crippen molar-refractivity contribution < 1.29 is 0 Å². The minimum absolute atomic E-state index is 0.703. The lowest BCUT2D eigenvalue weighted by Crippen LogP contribution is -2.15. The van der Waals surface area contributed by atoms with Crippen molar-refractivity contribution in [3.63, 3.8) is 0 Å². The second kappa shape index (κ2) is 6.17. The Bertz CT molecular complexity index is 692. The summed E-state index contributed by atoms with van der Waals surface area (Å²) < 4.78 is 7.08. The predicted molar refractivity (Wildman–Crippen MR) is 87.9 cm³/mol. The largest absolute Gasteiger partial charge is 0.327 e. The summed E-state index contributed by atoms with van der Waals surface area (Å²) in [6.07, 6.45) is 2.05. The minimum atomic E-state index is -0.703. The van der Waals surface area contributed by atoms with Gasteiger partial charge in [-0.15, -0.1) is 11.3 Å². The van der Waals surface area contributed by atoms with Crippen LogP contribution in [-0.2, 0) is 7.05 Å². The van der Waals surface area contributed by atoms with Crippen molar-refractivity contribution in [1.29, 1.82) is 0 Å². The molecule has 0 fully saturated rings. The first-order valence-corrected chi connectivity index (χ1v) is 8.57. The molecule has 3 aromatic rings. The average molecular weight is 298 g/mol. The molecule has 0 aliphatic carbocycles. The number of benzene rings is 2. The van der Waals surface area contributed by atoms with Crippen LogP contribution in [0.1, 0.15) is 0 Å². The summed E-state index contributed by atoms with van der Waals surface area (Å²) in [5, 5.41) is 4.63. The van der Waals surface area contributed by atoms with E-state index < -0.39 is 8.07 Å². The molecule has 0 bridgehead atoms. The summed E-state index contributed by atoms with van der Waals surface area (Å²) in [4.78, 5) is 1.06. The maximum absolute atomic E-state index is 5.00. The molecule has 100 valence electrons. The molecule has 0 radical (unpaired) electrons. The fraction of sp³-hybridized carbons (Fsp3) is 0.0625. The van der Waals surface area contributed by atoms with Crippen LogP contribution >= 0.6 is 19.4 Å². The fourth-order valence-corrected chi connectivity index (χ4v) is 4.69. The van der Waals surface area contributed by atoms with Crippen LogP contribution in [0.3, 0.4) is 0 Å². The second-order valence-electron chi connectivity index (χ2n) is 4.38. The molecule has 0 saturated carbocycles. The van der Waals surface area contributed by atoms with E-state index in [0.717, 1.165) is 4.80 Å². The highest BCUT2D eigenvalue weighted by molar-refractivity contribution is 7.71. The highest BCUT2D eigenvalue weighted by Gasteiger charge is 2.12. The minimum Gasteiger partial charge on any atom is -0.327 e. The molecule has 0 unspecified atom stereocenters. The molecule has 2 nitrogen and oxygen atoms in total. The van der Waals surface area contributed by atoms with Gasteiger partial charge in [0.15, 0.2) is 4.80 Å². The molecule has 4 heteroatoms. The van der Waals surface area contributed by atoms with Crippen molar-refractivity contribution in [3.05, 3.63) is 77.0 Å². The normalized spacial score (nSPS) is 12.0. The number of nitrogens with zero attached hydrogens (tertiary/aromatic N) is 2. The summed E-state index contributed by atoms with van der Waals surface area (Å²) >= 11 is 1.68. The molecule has 20 heavy (non-hydrogen) atoms. The monoisotopic (exact) mass is 298 g/mol. The van der Waals surface area contributed by atoms with E-state index in [2.05, 4.69) is 58.5 Å². The van der Waals surface area contributed by atoms with Crippen LogP contribution in [-0.4, -0.2) is 4.57 Å². The third-order valence-electron chi connectivity index (χ3n) is 2.95. The molecule has 0 N–H and O–H groups in total. The Morgan fingerprint density at radius 1 is 0.900 bits per heavy atom. The van der Waals surface area contributed by atoms with Gasteiger partial charge in [0.05, 0.1) is 8.07 Å². The van der Waals surface area contributed by atoms with Gasteiger partial charge in [-0.2, -0.15) is 0 Å². The van der Waals surface area contributed by atoms with Crippen molar-refractivity contribution in [1.82, 2.24) is 4.57 Å². The molecule has 0 amide bonds. The van der Waals surface area contributed by atoms with Crippen LogP contribution < -0.4 is 15.4 Å². The Balaban J connectivity index is 2.13. The van der Waals surface area contributed by atoms with Crippen LogP contribution in [0.4, 0.5) is 0 Å². The van der Waals surface area contributed by atoms with Gasteiger partial charge >= 0.3 is 0 Å². The Hall–Kier alpha value is -1.70. The molecule has 0 saturated heterocycles. The highest BCUT2D eigenvalue weighted by Crippen LogP contribution is 2.34. The second-order valence-corrected chi connectivity index (χ2v) is 7.11. The maximum atomic E-state index is 5.00. The van der Waals surface area contributed by atoms with E-state index in [1.807, 2.05) is 25.4 Å². The molecule has 0 aliphatic heterocycles. The third kappa shape index (κ3) is 2.90. The Morgan fingerprint density at radius 2 is 1.45 bits per heavy atom. The zero-order valence-electron chi connectivity index (χ0n) is 11.2. The van der Waals surface area contributed by atoms with Crippen molar-refractivity contribution in [2.75, 3.05) is 0 Å². The van der Waals surface area contributed by atoms with Gasteiger partial charge in [0.25, 0.3) is 0 Å². The van der Waals surface area contributed by atoms with E-state index in [4.69, 9.17) is 4.76 Å². The molecule has 0 aliphatic rings. The zero-order chi connectivity index (χ0) is 13.8. The Morgan fingerprint density at radius 3 is 1.90 bits per heavy atom. The van der Waals surface area contributed by atoms with Gasteiger partial charge in [0.1, 0.15) is 0 Å². The standard InChI is InChI=1S/C16H15N2PS/c1-18-12-13-20-16(18)17-19(14-8-4-2-5-9-14)15-10-6-3-7-11-15/h2-13H,1H3/b17-16-. The van der Waals surface area contributed by atoms with E-state index >= 15 is 0 Å². The topological polar surface area (TPSA) is 17.3 Å². The molecule has 0 atom stereocenters. The summed E-state index contributed by atoms with van der Waals surface area (Å²) in [5.74, 6) is 0. The number of hydrogen-bond donors (Lipinski definition) is 0. The first kappa shape index (κ1) is 13.3. The number of aryl methyl sites for hydroxylation is 1. The first-order chi connectivity index (χ1) is 9.84. The quantitative estimate of drug-likeness (QED) is 0.661. The molecule has 1 aromatic heterocycles. The van der Waals surface area contributed by atoms with Crippen molar-refractivity contribution in [2.24, 2.45) is 11.8 Å². The lowest BCUT2D eigenvalue weighted by molar-refractivity contribution is 0.881. The molecule has 3 rings (SSSR count). The van der Waals surface area contributed by atoms with Crippen LogP contribution in [0.15, 0.2) is 77.0 Å². The predicted octanol–water partition coefficient (Wildman–Crippen LogP) is 3.04. The third-order valence-corrected chi connectivity index (χ3v) is 5.89. The summed E-state index contributed by atoms with van der Waals surface area (Å²) in [6.45, 7) is 0. The van der Waals surface area contributed by atoms with Crippen LogP contribution in [0.2, 0.25) is 0 Å². The molecule has 0 spiro atoms. The number of hydrogen-bond acceptors (Lipinski definition) is 2. The maximum Gasteiger partial charge on any atom is 0.188 e. The Kier molecular flexibility index (Phi) is 4.10. The fourth-order valence-electron chi connectivity index (χ4n) is 1.91. The molecular weight excluding hydrogens is 283 g/mol. The molecular formula is C16H15N2PS. The summed E-state index contributed by atoms with van der Waals surface area (Å²) in [6, 6.07) is 21.1. The van der Waals surface area contributed by atoms with Crippen LogP contribution in [0, 0.1) is 0 Å². The van der Waals surface area contributed by atoms with Crippen LogP contribution in [0.25, 0.3) is 0 Å². The average Bonchev–Trinajstić information content (AvgIpc) is 2.92. The Labute approximate surface area is 123 Å². The summed E-state index contributed by atoms with van der Waals surface area (Å²) in [5.41, 5.74) is 0. The van der Waals surface area contributed by atoms with E-state index in [-0.39, 0.29) is 0 Å². The van der Waals surface area contributed by atoms with Gasteiger partial charge < -0.3 is 4.57 Å².